The second-order valence-electron chi connectivity index (χ2n) is 7.38. The maximum absolute atomic E-state index is 12.1. The van der Waals surface area contributed by atoms with Gasteiger partial charge >= 0.3 is 6.03 Å². The number of carbonyl (C=O) groups is 1. The highest BCUT2D eigenvalue weighted by atomic mass is 16.3. The summed E-state index contributed by atoms with van der Waals surface area (Å²) in [6, 6.07) is 18.0. The number of hydrogen-bond acceptors (Lipinski definition) is 2. The smallest absolute Gasteiger partial charge is 0.315 e. The average molecular weight is 352 g/mol. The first-order chi connectivity index (χ1) is 12.5. The Morgan fingerprint density at radius 3 is 2.27 bits per heavy atom. The van der Waals surface area contributed by atoms with Gasteiger partial charge in [0.25, 0.3) is 0 Å². The molecule has 1 fully saturated rings. The summed E-state index contributed by atoms with van der Waals surface area (Å²) < 4.78 is 0. The molecule has 3 rings (SSSR count). The van der Waals surface area contributed by atoms with Crippen molar-refractivity contribution < 1.29 is 9.90 Å². The molecule has 2 amide bonds. The summed E-state index contributed by atoms with van der Waals surface area (Å²) in [6.45, 7) is 1.90. The number of amides is 2. The Kier molecular flexibility index (Phi) is 5.94. The number of urea groups is 1. The van der Waals surface area contributed by atoms with Crippen molar-refractivity contribution in [1.82, 2.24) is 10.6 Å². The molecule has 3 N–H and O–H groups in total. The van der Waals surface area contributed by atoms with E-state index in [1.54, 1.807) is 6.92 Å². The zero-order chi connectivity index (χ0) is 18.4. The van der Waals surface area contributed by atoms with E-state index in [0.717, 1.165) is 29.5 Å². The standard InChI is InChI=1S/C22H28N2O2/c1-22(26,16-23-21(25)24-20-10-6-3-7-11-20)19-14-12-18(13-15-19)17-8-4-2-5-9-17/h2,4-5,8-9,12-15,20,26H,3,6-7,10-11,16H2,1H3,(H2,23,24,25). The summed E-state index contributed by atoms with van der Waals surface area (Å²) in [5.41, 5.74) is 1.92. The van der Waals surface area contributed by atoms with E-state index in [4.69, 9.17) is 0 Å². The zero-order valence-corrected chi connectivity index (χ0v) is 15.4. The van der Waals surface area contributed by atoms with Crippen molar-refractivity contribution in [1.29, 1.82) is 0 Å². The molecule has 1 saturated carbocycles. The predicted octanol–water partition coefficient (Wildman–Crippen LogP) is 4.19. The number of rotatable bonds is 5. The molecule has 0 saturated heterocycles. The van der Waals surface area contributed by atoms with Gasteiger partial charge in [0.2, 0.25) is 0 Å². The Bertz CT molecular complexity index is 705. The van der Waals surface area contributed by atoms with E-state index in [1.165, 1.54) is 19.3 Å². The largest absolute Gasteiger partial charge is 0.384 e. The molecule has 0 bridgehead atoms. The molecule has 1 unspecified atom stereocenters. The third-order valence-corrected chi connectivity index (χ3v) is 5.15. The lowest BCUT2D eigenvalue weighted by Gasteiger charge is -2.27. The van der Waals surface area contributed by atoms with E-state index in [2.05, 4.69) is 22.8 Å². The van der Waals surface area contributed by atoms with E-state index in [-0.39, 0.29) is 18.6 Å². The van der Waals surface area contributed by atoms with Gasteiger partial charge in [-0.15, -0.1) is 0 Å². The number of carbonyl (C=O) groups excluding carboxylic acids is 1. The van der Waals surface area contributed by atoms with Crippen molar-refractivity contribution >= 4 is 6.03 Å². The maximum atomic E-state index is 12.1. The Morgan fingerprint density at radius 2 is 1.62 bits per heavy atom. The minimum Gasteiger partial charge on any atom is -0.384 e. The molecule has 0 heterocycles. The van der Waals surface area contributed by atoms with Gasteiger partial charge in [-0.3, -0.25) is 0 Å². The van der Waals surface area contributed by atoms with Gasteiger partial charge in [0.05, 0.1) is 6.54 Å². The highest BCUT2D eigenvalue weighted by Crippen LogP contribution is 2.25. The molecular formula is C22H28N2O2. The second-order valence-corrected chi connectivity index (χ2v) is 7.38. The predicted molar refractivity (Wildman–Crippen MR) is 105 cm³/mol. The molecule has 0 aliphatic heterocycles. The van der Waals surface area contributed by atoms with Crippen LogP contribution in [0.1, 0.15) is 44.6 Å². The van der Waals surface area contributed by atoms with Crippen LogP contribution >= 0.6 is 0 Å². The van der Waals surface area contributed by atoms with E-state index in [9.17, 15) is 9.90 Å². The summed E-state index contributed by atoms with van der Waals surface area (Å²) in [5, 5.41) is 16.6. The Balaban J connectivity index is 1.56. The van der Waals surface area contributed by atoms with Crippen LogP contribution in [0.2, 0.25) is 0 Å². The molecular weight excluding hydrogens is 324 g/mol. The van der Waals surface area contributed by atoms with Crippen molar-refractivity contribution in [2.45, 2.75) is 50.7 Å². The molecule has 4 nitrogen and oxygen atoms in total. The van der Waals surface area contributed by atoms with Crippen LogP contribution in [0.15, 0.2) is 54.6 Å². The molecule has 2 aromatic rings. The van der Waals surface area contributed by atoms with Crippen molar-refractivity contribution in [3.8, 4) is 11.1 Å². The van der Waals surface area contributed by atoms with Gasteiger partial charge in [0.1, 0.15) is 5.60 Å². The number of benzene rings is 2. The second kappa shape index (κ2) is 8.37. The average Bonchev–Trinajstić information content (AvgIpc) is 2.68. The van der Waals surface area contributed by atoms with Gasteiger partial charge in [-0.05, 0) is 36.5 Å². The first kappa shape index (κ1) is 18.5. The van der Waals surface area contributed by atoms with Crippen LogP contribution in [0.3, 0.4) is 0 Å². The zero-order valence-electron chi connectivity index (χ0n) is 15.4. The Hall–Kier alpha value is -2.33. The van der Waals surface area contributed by atoms with Crippen LogP contribution < -0.4 is 10.6 Å². The summed E-state index contributed by atoms with van der Waals surface area (Å²) in [5.74, 6) is 0. The minimum atomic E-state index is -1.11. The van der Waals surface area contributed by atoms with Crippen molar-refractivity contribution in [3.05, 3.63) is 60.2 Å². The molecule has 26 heavy (non-hydrogen) atoms. The van der Waals surface area contributed by atoms with E-state index < -0.39 is 5.60 Å². The number of nitrogens with one attached hydrogen (secondary N) is 2. The monoisotopic (exact) mass is 352 g/mol. The summed E-state index contributed by atoms with van der Waals surface area (Å²) in [6.07, 6.45) is 5.70. The fraction of sp³-hybridized carbons (Fsp3) is 0.409. The molecule has 0 aromatic heterocycles. The van der Waals surface area contributed by atoms with Crippen LogP contribution in [-0.4, -0.2) is 23.7 Å². The van der Waals surface area contributed by atoms with Crippen molar-refractivity contribution in [3.63, 3.8) is 0 Å². The van der Waals surface area contributed by atoms with E-state index in [1.807, 2.05) is 42.5 Å². The molecule has 2 aromatic carbocycles. The fourth-order valence-corrected chi connectivity index (χ4v) is 3.49. The Morgan fingerprint density at radius 1 is 1.00 bits per heavy atom. The van der Waals surface area contributed by atoms with Crippen LogP contribution in [-0.2, 0) is 5.60 Å². The van der Waals surface area contributed by atoms with E-state index >= 15 is 0 Å². The summed E-state index contributed by atoms with van der Waals surface area (Å²) >= 11 is 0. The van der Waals surface area contributed by atoms with Crippen LogP contribution in [0.5, 0.6) is 0 Å². The third kappa shape index (κ3) is 4.85. The maximum Gasteiger partial charge on any atom is 0.315 e. The number of hydrogen-bond donors (Lipinski definition) is 3. The molecule has 1 atom stereocenters. The SMILES string of the molecule is CC(O)(CNC(=O)NC1CCCCC1)c1ccc(-c2ccccc2)cc1. The first-order valence-corrected chi connectivity index (χ1v) is 9.47. The lowest BCUT2D eigenvalue weighted by molar-refractivity contribution is 0.0592. The Labute approximate surface area is 155 Å². The number of aliphatic hydroxyl groups is 1. The van der Waals surface area contributed by atoms with Gasteiger partial charge in [0, 0.05) is 6.04 Å². The summed E-state index contributed by atoms with van der Waals surface area (Å²) in [7, 11) is 0. The lowest BCUT2D eigenvalue weighted by atomic mass is 9.93. The van der Waals surface area contributed by atoms with Gasteiger partial charge in [-0.2, -0.15) is 0 Å². The normalized spacial score (nSPS) is 17.3. The fourth-order valence-electron chi connectivity index (χ4n) is 3.49. The topological polar surface area (TPSA) is 61.4 Å². The summed E-state index contributed by atoms with van der Waals surface area (Å²) in [4.78, 5) is 12.1. The van der Waals surface area contributed by atoms with Gasteiger partial charge in [-0.25, -0.2) is 4.79 Å². The quantitative estimate of drug-likeness (QED) is 0.755. The molecule has 1 aliphatic rings. The third-order valence-electron chi connectivity index (χ3n) is 5.15. The van der Waals surface area contributed by atoms with Crippen LogP contribution in [0.25, 0.3) is 11.1 Å². The molecule has 0 radical (unpaired) electrons. The highest BCUT2D eigenvalue weighted by molar-refractivity contribution is 5.74. The van der Waals surface area contributed by atoms with Gasteiger partial charge in [-0.1, -0.05) is 73.9 Å². The molecule has 0 spiro atoms. The molecule has 138 valence electrons. The van der Waals surface area contributed by atoms with Crippen LogP contribution in [0, 0.1) is 0 Å². The first-order valence-electron chi connectivity index (χ1n) is 9.47. The van der Waals surface area contributed by atoms with Crippen LogP contribution in [0.4, 0.5) is 4.79 Å². The van der Waals surface area contributed by atoms with Crippen molar-refractivity contribution in [2.24, 2.45) is 0 Å². The van der Waals surface area contributed by atoms with E-state index in [0.29, 0.717) is 0 Å². The highest BCUT2D eigenvalue weighted by Gasteiger charge is 2.24. The molecule has 1 aliphatic carbocycles. The van der Waals surface area contributed by atoms with Gasteiger partial charge < -0.3 is 15.7 Å². The minimum absolute atomic E-state index is 0.177. The van der Waals surface area contributed by atoms with Gasteiger partial charge in [0.15, 0.2) is 0 Å². The van der Waals surface area contributed by atoms with Crippen molar-refractivity contribution in [2.75, 3.05) is 6.54 Å². The lowest BCUT2D eigenvalue weighted by Crippen LogP contribution is -2.47. The molecule has 4 heteroatoms.